The highest BCUT2D eigenvalue weighted by atomic mass is 16.5. The lowest BCUT2D eigenvalue weighted by atomic mass is 9.96. The molecule has 0 spiro atoms. The first kappa shape index (κ1) is 14.5. The minimum atomic E-state index is -0.00538. The monoisotopic (exact) mass is 241 g/mol. The van der Waals surface area contributed by atoms with Crippen molar-refractivity contribution in [2.24, 2.45) is 5.92 Å². The van der Waals surface area contributed by atoms with Crippen molar-refractivity contribution in [2.45, 2.75) is 58.3 Å². The molecule has 0 saturated carbocycles. The summed E-state index contributed by atoms with van der Waals surface area (Å²) in [6.07, 6.45) is 8.98. The molecule has 1 N–H and O–H groups in total. The fourth-order valence-electron chi connectivity index (χ4n) is 2.28. The Kier molecular flexibility index (Phi) is 8.06. The Morgan fingerprint density at radius 2 is 2.12 bits per heavy atom. The Morgan fingerprint density at radius 3 is 2.82 bits per heavy atom. The van der Waals surface area contributed by atoms with Crippen molar-refractivity contribution in [3.8, 4) is 0 Å². The van der Waals surface area contributed by atoms with Gasteiger partial charge in [-0.25, -0.2) is 0 Å². The Morgan fingerprint density at radius 1 is 1.29 bits per heavy atom. The number of unbranched alkanes of at least 4 members (excludes halogenated alkanes) is 4. The molecule has 3 heteroatoms. The third-order valence-corrected chi connectivity index (χ3v) is 3.37. The summed E-state index contributed by atoms with van der Waals surface area (Å²) in [5.41, 5.74) is 0. The molecule has 1 heterocycles. The highest BCUT2D eigenvalue weighted by Crippen LogP contribution is 2.14. The number of rotatable bonds is 8. The zero-order valence-corrected chi connectivity index (χ0v) is 11.2. The lowest BCUT2D eigenvalue weighted by Gasteiger charge is -2.21. The van der Waals surface area contributed by atoms with Gasteiger partial charge in [-0.1, -0.05) is 32.6 Å². The van der Waals surface area contributed by atoms with E-state index in [1.165, 1.54) is 38.5 Å². The summed E-state index contributed by atoms with van der Waals surface area (Å²) in [5.74, 6) is 0.491. The van der Waals surface area contributed by atoms with Crippen LogP contribution >= 0.6 is 0 Å². The maximum absolute atomic E-state index is 11.6. The van der Waals surface area contributed by atoms with Gasteiger partial charge >= 0.3 is 5.97 Å². The molecule has 1 unspecified atom stereocenters. The summed E-state index contributed by atoms with van der Waals surface area (Å²) in [4.78, 5) is 11.6. The van der Waals surface area contributed by atoms with E-state index in [1.807, 2.05) is 0 Å². The van der Waals surface area contributed by atoms with E-state index < -0.39 is 0 Å². The van der Waals surface area contributed by atoms with Crippen LogP contribution in [-0.2, 0) is 9.53 Å². The standard InChI is InChI=1S/C14H27NO2/c1-2-3-4-5-6-10-17-14(16)11-13-8-7-9-15-12-13/h13,15H,2-12H2,1H3. The summed E-state index contributed by atoms with van der Waals surface area (Å²) < 4.78 is 5.26. The Labute approximate surface area is 105 Å². The number of ether oxygens (including phenoxy) is 1. The fraction of sp³-hybridized carbons (Fsp3) is 0.929. The van der Waals surface area contributed by atoms with E-state index in [2.05, 4.69) is 12.2 Å². The van der Waals surface area contributed by atoms with Crippen LogP contribution < -0.4 is 5.32 Å². The van der Waals surface area contributed by atoms with Gasteiger partial charge in [-0.3, -0.25) is 4.79 Å². The minimum absolute atomic E-state index is 0.00538. The van der Waals surface area contributed by atoms with Crippen LogP contribution in [0.25, 0.3) is 0 Å². The third kappa shape index (κ3) is 7.37. The van der Waals surface area contributed by atoms with Crippen LogP contribution in [0.4, 0.5) is 0 Å². The van der Waals surface area contributed by atoms with Crippen molar-refractivity contribution in [3.05, 3.63) is 0 Å². The fourth-order valence-corrected chi connectivity index (χ4v) is 2.28. The van der Waals surface area contributed by atoms with Gasteiger partial charge < -0.3 is 10.1 Å². The first-order chi connectivity index (χ1) is 8.33. The zero-order valence-electron chi connectivity index (χ0n) is 11.2. The SMILES string of the molecule is CCCCCCCOC(=O)CC1CCCNC1. The van der Waals surface area contributed by atoms with Crippen LogP contribution in [0.15, 0.2) is 0 Å². The van der Waals surface area contributed by atoms with Crippen LogP contribution in [0.5, 0.6) is 0 Å². The number of carbonyl (C=O) groups excluding carboxylic acids is 1. The first-order valence-electron chi connectivity index (χ1n) is 7.19. The molecule has 1 rings (SSSR count). The average molecular weight is 241 g/mol. The summed E-state index contributed by atoms with van der Waals surface area (Å²) in [6, 6.07) is 0. The number of piperidine rings is 1. The second-order valence-corrected chi connectivity index (χ2v) is 5.05. The molecule has 100 valence electrons. The molecule has 0 aliphatic carbocycles. The third-order valence-electron chi connectivity index (χ3n) is 3.37. The largest absolute Gasteiger partial charge is 0.466 e. The van der Waals surface area contributed by atoms with E-state index in [-0.39, 0.29) is 5.97 Å². The summed E-state index contributed by atoms with van der Waals surface area (Å²) in [6.45, 7) is 4.90. The van der Waals surface area contributed by atoms with Gasteiger partial charge in [0.1, 0.15) is 0 Å². The van der Waals surface area contributed by atoms with Gasteiger partial charge in [-0.15, -0.1) is 0 Å². The molecule has 3 nitrogen and oxygen atoms in total. The van der Waals surface area contributed by atoms with E-state index in [4.69, 9.17) is 4.74 Å². The van der Waals surface area contributed by atoms with Gasteiger partial charge in [0, 0.05) is 6.42 Å². The molecule has 1 fully saturated rings. The van der Waals surface area contributed by atoms with Gasteiger partial charge in [-0.2, -0.15) is 0 Å². The van der Waals surface area contributed by atoms with E-state index >= 15 is 0 Å². The van der Waals surface area contributed by atoms with Crippen molar-refractivity contribution < 1.29 is 9.53 Å². The molecule has 0 aromatic carbocycles. The molecule has 0 radical (unpaired) electrons. The highest BCUT2D eigenvalue weighted by molar-refractivity contribution is 5.69. The Balaban J connectivity index is 1.93. The maximum atomic E-state index is 11.6. The van der Waals surface area contributed by atoms with Crippen LogP contribution in [0.3, 0.4) is 0 Å². The number of hydrogen-bond acceptors (Lipinski definition) is 3. The number of nitrogens with one attached hydrogen (secondary N) is 1. The average Bonchev–Trinajstić information content (AvgIpc) is 2.35. The molecule has 0 aromatic rings. The van der Waals surface area contributed by atoms with E-state index in [9.17, 15) is 4.79 Å². The van der Waals surface area contributed by atoms with Crippen LogP contribution in [0.2, 0.25) is 0 Å². The molecule has 1 atom stereocenters. The maximum Gasteiger partial charge on any atom is 0.306 e. The second kappa shape index (κ2) is 9.46. The van der Waals surface area contributed by atoms with Crippen molar-refractivity contribution in [2.75, 3.05) is 19.7 Å². The van der Waals surface area contributed by atoms with Crippen molar-refractivity contribution in [1.29, 1.82) is 0 Å². The van der Waals surface area contributed by atoms with Gasteiger partial charge in [0.15, 0.2) is 0 Å². The Bertz CT molecular complexity index is 200. The Hall–Kier alpha value is -0.570. The van der Waals surface area contributed by atoms with Gasteiger partial charge in [0.05, 0.1) is 6.61 Å². The smallest absolute Gasteiger partial charge is 0.306 e. The van der Waals surface area contributed by atoms with E-state index in [0.29, 0.717) is 18.9 Å². The van der Waals surface area contributed by atoms with Gasteiger partial charge in [-0.05, 0) is 38.3 Å². The number of esters is 1. The van der Waals surface area contributed by atoms with Crippen LogP contribution in [0, 0.1) is 5.92 Å². The summed E-state index contributed by atoms with van der Waals surface area (Å²) in [7, 11) is 0. The van der Waals surface area contributed by atoms with Gasteiger partial charge in [0.25, 0.3) is 0 Å². The quantitative estimate of drug-likeness (QED) is 0.524. The van der Waals surface area contributed by atoms with E-state index in [0.717, 1.165) is 19.5 Å². The molecule has 0 aromatic heterocycles. The lowest BCUT2D eigenvalue weighted by molar-refractivity contribution is -0.145. The summed E-state index contributed by atoms with van der Waals surface area (Å²) >= 11 is 0. The number of hydrogen-bond donors (Lipinski definition) is 1. The predicted octanol–water partition coefficient (Wildman–Crippen LogP) is 2.89. The summed E-state index contributed by atoms with van der Waals surface area (Å²) in [5, 5.41) is 3.32. The lowest BCUT2D eigenvalue weighted by Crippen LogP contribution is -2.31. The minimum Gasteiger partial charge on any atom is -0.466 e. The van der Waals surface area contributed by atoms with E-state index in [1.54, 1.807) is 0 Å². The van der Waals surface area contributed by atoms with Crippen molar-refractivity contribution >= 4 is 5.97 Å². The zero-order chi connectivity index (χ0) is 12.3. The molecular weight excluding hydrogens is 214 g/mol. The van der Waals surface area contributed by atoms with Crippen LogP contribution in [-0.4, -0.2) is 25.7 Å². The van der Waals surface area contributed by atoms with Crippen molar-refractivity contribution in [3.63, 3.8) is 0 Å². The molecule has 0 bridgehead atoms. The topological polar surface area (TPSA) is 38.3 Å². The van der Waals surface area contributed by atoms with Crippen LogP contribution in [0.1, 0.15) is 58.3 Å². The van der Waals surface area contributed by atoms with Crippen molar-refractivity contribution in [1.82, 2.24) is 5.32 Å². The second-order valence-electron chi connectivity index (χ2n) is 5.05. The number of carbonyl (C=O) groups is 1. The molecule has 1 saturated heterocycles. The highest BCUT2D eigenvalue weighted by Gasteiger charge is 2.17. The van der Waals surface area contributed by atoms with Gasteiger partial charge in [0.2, 0.25) is 0 Å². The molecule has 1 aliphatic rings. The normalized spacial score (nSPS) is 20.2. The molecule has 17 heavy (non-hydrogen) atoms. The predicted molar refractivity (Wildman–Crippen MR) is 69.9 cm³/mol. The molecular formula is C14H27NO2. The first-order valence-corrected chi connectivity index (χ1v) is 7.19. The molecule has 0 amide bonds. The molecule has 1 aliphatic heterocycles.